The molecule has 27 heavy (non-hydrogen) atoms. The average Bonchev–Trinajstić information content (AvgIpc) is 3.23. The van der Waals surface area contributed by atoms with Gasteiger partial charge in [0, 0.05) is 18.0 Å². The van der Waals surface area contributed by atoms with Crippen molar-refractivity contribution in [2.45, 2.75) is 24.8 Å². The summed E-state index contributed by atoms with van der Waals surface area (Å²) in [5, 5.41) is 8.00. The summed E-state index contributed by atoms with van der Waals surface area (Å²) in [6.07, 6.45) is 2.25. The van der Waals surface area contributed by atoms with Crippen LogP contribution in [0.1, 0.15) is 29.6 Å². The van der Waals surface area contributed by atoms with Crippen LogP contribution in [0.3, 0.4) is 0 Å². The molecule has 1 spiro atoms. The zero-order valence-electron chi connectivity index (χ0n) is 14.8. The van der Waals surface area contributed by atoms with Crippen molar-refractivity contribution in [1.29, 1.82) is 0 Å². The Morgan fingerprint density at radius 3 is 2.41 bits per heavy atom. The zero-order chi connectivity index (χ0) is 18.9. The molecule has 0 aromatic heterocycles. The molecule has 0 bridgehead atoms. The molecular formula is C21H21N3O3. The van der Waals surface area contributed by atoms with Gasteiger partial charge in [0.05, 0.1) is 0 Å². The van der Waals surface area contributed by atoms with Crippen molar-refractivity contribution in [3.05, 3.63) is 60.2 Å². The molecular weight excluding hydrogens is 342 g/mol. The maximum absolute atomic E-state index is 12.5. The van der Waals surface area contributed by atoms with Crippen LogP contribution in [0, 0.1) is 5.92 Å². The zero-order valence-corrected chi connectivity index (χ0v) is 14.8. The summed E-state index contributed by atoms with van der Waals surface area (Å²) in [5.74, 6) is -0.561. The predicted octanol–water partition coefficient (Wildman–Crippen LogP) is 2.46. The Morgan fingerprint density at radius 2 is 1.74 bits per heavy atom. The van der Waals surface area contributed by atoms with E-state index < -0.39 is 11.6 Å². The molecule has 2 fully saturated rings. The quantitative estimate of drug-likeness (QED) is 0.729. The van der Waals surface area contributed by atoms with E-state index >= 15 is 0 Å². The molecule has 138 valence electrons. The van der Waals surface area contributed by atoms with Gasteiger partial charge in [-0.2, -0.15) is 0 Å². The fourth-order valence-electron chi connectivity index (χ4n) is 4.09. The highest BCUT2D eigenvalue weighted by atomic mass is 16.2. The average molecular weight is 363 g/mol. The molecule has 1 saturated carbocycles. The molecule has 4 rings (SSSR count). The van der Waals surface area contributed by atoms with Gasteiger partial charge in [0.25, 0.3) is 11.8 Å². The van der Waals surface area contributed by atoms with Crippen LogP contribution in [0.5, 0.6) is 0 Å². The first kappa shape index (κ1) is 17.3. The number of carbonyl (C=O) groups excluding carboxylic acids is 3. The third-order valence-corrected chi connectivity index (χ3v) is 5.55. The lowest BCUT2D eigenvalue weighted by Crippen LogP contribution is -2.53. The number of benzene rings is 2. The molecule has 1 saturated heterocycles. The second-order valence-electron chi connectivity index (χ2n) is 7.12. The molecule has 2 unspecified atom stereocenters. The van der Waals surface area contributed by atoms with E-state index in [0.29, 0.717) is 18.5 Å². The van der Waals surface area contributed by atoms with Crippen LogP contribution in [-0.2, 0) is 4.79 Å². The fraction of sp³-hybridized carbons (Fsp3) is 0.286. The van der Waals surface area contributed by atoms with Crippen LogP contribution in [-0.4, -0.2) is 29.9 Å². The largest absolute Gasteiger partial charge is 0.352 e. The van der Waals surface area contributed by atoms with Crippen molar-refractivity contribution in [3.63, 3.8) is 0 Å². The Bertz CT molecular complexity index is 879. The van der Waals surface area contributed by atoms with Crippen LogP contribution >= 0.6 is 0 Å². The number of nitrogens with one attached hydrogen (secondary N) is 3. The van der Waals surface area contributed by atoms with Crippen molar-refractivity contribution in [2.24, 2.45) is 5.92 Å². The molecule has 2 aromatic carbocycles. The first-order chi connectivity index (χ1) is 13.1. The third kappa shape index (κ3) is 3.18. The first-order valence-corrected chi connectivity index (χ1v) is 9.16. The van der Waals surface area contributed by atoms with E-state index in [1.165, 1.54) is 0 Å². The number of hydrogen-bond acceptors (Lipinski definition) is 3. The number of carbonyl (C=O) groups is 3. The van der Waals surface area contributed by atoms with E-state index in [2.05, 4.69) is 16.0 Å². The molecule has 2 aromatic rings. The summed E-state index contributed by atoms with van der Waals surface area (Å²) in [5.41, 5.74) is 1.84. The normalized spacial score (nSPS) is 23.9. The molecule has 6 nitrogen and oxygen atoms in total. The molecule has 1 aliphatic heterocycles. The Balaban J connectivity index is 1.41. The van der Waals surface area contributed by atoms with Gasteiger partial charge in [-0.3, -0.25) is 14.9 Å². The predicted molar refractivity (Wildman–Crippen MR) is 101 cm³/mol. The fourth-order valence-corrected chi connectivity index (χ4v) is 4.09. The Labute approximate surface area is 157 Å². The molecule has 1 aliphatic carbocycles. The lowest BCUT2D eigenvalue weighted by atomic mass is 9.87. The summed E-state index contributed by atoms with van der Waals surface area (Å²) < 4.78 is 0. The highest BCUT2D eigenvalue weighted by Gasteiger charge is 2.54. The van der Waals surface area contributed by atoms with E-state index in [0.717, 1.165) is 24.0 Å². The monoisotopic (exact) mass is 363 g/mol. The van der Waals surface area contributed by atoms with E-state index in [-0.39, 0.29) is 17.7 Å². The molecule has 4 amide bonds. The summed E-state index contributed by atoms with van der Waals surface area (Å²) in [4.78, 5) is 36.2. The smallest absolute Gasteiger partial charge is 0.322 e. The number of hydrogen-bond donors (Lipinski definition) is 3. The van der Waals surface area contributed by atoms with Crippen molar-refractivity contribution < 1.29 is 14.4 Å². The van der Waals surface area contributed by atoms with Crippen LogP contribution in [0.15, 0.2) is 54.6 Å². The Kier molecular flexibility index (Phi) is 4.39. The first-order valence-electron chi connectivity index (χ1n) is 9.16. The van der Waals surface area contributed by atoms with Gasteiger partial charge in [0.15, 0.2) is 0 Å². The summed E-state index contributed by atoms with van der Waals surface area (Å²) >= 11 is 0. The Hall–Kier alpha value is -3.15. The maximum Gasteiger partial charge on any atom is 0.322 e. The van der Waals surface area contributed by atoms with Crippen LogP contribution in [0.25, 0.3) is 11.1 Å². The number of urea groups is 1. The van der Waals surface area contributed by atoms with Gasteiger partial charge in [-0.25, -0.2) is 4.79 Å². The van der Waals surface area contributed by atoms with E-state index in [1.54, 1.807) is 12.1 Å². The van der Waals surface area contributed by atoms with Crippen molar-refractivity contribution in [1.82, 2.24) is 16.0 Å². The van der Waals surface area contributed by atoms with Gasteiger partial charge in [-0.1, -0.05) is 48.9 Å². The lowest BCUT2D eigenvalue weighted by Gasteiger charge is -2.28. The minimum Gasteiger partial charge on any atom is -0.352 e. The minimum absolute atomic E-state index is 0.100. The van der Waals surface area contributed by atoms with Gasteiger partial charge in [0.1, 0.15) is 5.54 Å². The summed E-state index contributed by atoms with van der Waals surface area (Å²) in [6, 6.07) is 17.0. The molecule has 0 radical (unpaired) electrons. The molecule has 2 atom stereocenters. The van der Waals surface area contributed by atoms with Crippen LogP contribution in [0.2, 0.25) is 0 Å². The molecule has 2 aliphatic rings. The van der Waals surface area contributed by atoms with Gasteiger partial charge in [0.2, 0.25) is 0 Å². The van der Waals surface area contributed by atoms with Gasteiger partial charge >= 0.3 is 6.03 Å². The molecule has 6 heteroatoms. The van der Waals surface area contributed by atoms with Gasteiger partial charge in [-0.15, -0.1) is 0 Å². The molecule has 1 heterocycles. The third-order valence-electron chi connectivity index (χ3n) is 5.55. The minimum atomic E-state index is -0.873. The van der Waals surface area contributed by atoms with E-state index in [1.807, 2.05) is 42.5 Å². The number of rotatable bonds is 4. The van der Waals surface area contributed by atoms with Crippen LogP contribution in [0.4, 0.5) is 4.79 Å². The van der Waals surface area contributed by atoms with Crippen molar-refractivity contribution in [2.75, 3.05) is 6.54 Å². The van der Waals surface area contributed by atoms with Gasteiger partial charge in [-0.05, 0) is 36.1 Å². The highest BCUT2D eigenvalue weighted by Crippen LogP contribution is 2.37. The van der Waals surface area contributed by atoms with E-state index in [9.17, 15) is 14.4 Å². The highest BCUT2D eigenvalue weighted by molar-refractivity contribution is 6.07. The molecule has 3 N–H and O–H groups in total. The van der Waals surface area contributed by atoms with Crippen molar-refractivity contribution >= 4 is 17.8 Å². The standard InChI is InChI=1S/C21H21N3O3/c25-18(16-10-8-15(9-11-16)14-5-2-1-3-6-14)22-13-17-7-4-12-21(17)19(26)23-20(27)24-21/h1-3,5-6,8-11,17H,4,7,12-13H2,(H,22,25)(H2,23,24,26,27). The topological polar surface area (TPSA) is 87.3 Å². The SMILES string of the molecule is O=C1NC(=O)C2(CCCC2CNC(=O)c2ccc(-c3ccccc3)cc2)N1. The lowest BCUT2D eigenvalue weighted by molar-refractivity contribution is -0.125. The second-order valence-corrected chi connectivity index (χ2v) is 7.12. The van der Waals surface area contributed by atoms with E-state index in [4.69, 9.17) is 0 Å². The van der Waals surface area contributed by atoms with Crippen LogP contribution < -0.4 is 16.0 Å². The number of imide groups is 1. The summed E-state index contributed by atoms with van der Waals surface area (Å²) in [7, 11) is 0. The maximum atomic E-state index is 12.5. The number of amides is 4. The van der Waals surface area contributed by atoms with Gasteiger partial charge < -0.3 is 10.6 Å². The Morgan fingerprint density at radius 1 is 1.04 bits per heavy atom. The second kappa shape index (κ2) is 6.87. The van der Waals surface area contributed by atoms with Crippen molar-refractivity contribution in [3.8, 4) is 11.1 Å². The summed E-state index contributed by atoms with van der Waals surface area (Å²) in [6.45, 7) is 0.354.